The largest absolute Gasteiger partial charge is 0.496 e. The van der Waals surface area contributed by atoms with Gasteiger partial charge in [0.25, 0.3) is 0 Å². The van der Waals surface area contributed by atoms with Gasteiger partial charge < -0.3 is 24.8 Å². The summed E-state index contributed by atoms with van der Waals surface area (Å²) in [5.74, 6) is 2.87. The van der Waals surface area contributed by atoms with Crippen molar-refractivity contribution in [2.24, 2.45) is 4.99 Å². The molecule has 2 heterocycles. The molecule has 0 aliphatic carbocycles. The third-order valence-electron chi connectivity index (χ3n) is 5.47. The predicted molar refractivity (Wildman–Crippen MR) is 127 cm³/mol. The molecule has 0 spiro atoms. The van der Waals surface area contributed by atoms with E-state index in [0.29, 0.717) is 29.8 Å². The van der Waals surface area contributed by atoms with Crippen molar-refractivity contribution >= 4 is 17.3 Å². The van der Waals surface area contributed by atoms with Crippen LogP contribution in [0.3, 0.4) is 0 Å². The van der Waals surface area contributed by atoms with Gasteiger partial charge in [-0.1, -0.05) is 6.07 Å². The summed E-state index contributed by atoms with van der Waals surface area (Å²) in [6.07, 6.45) is 2.54. The van der Waals surface area contributed by atoms with Gasteiger partial charge in [0.2, 0.25) is 0 Å². The van der Waals surface area contributed by atoms with Crippen molar-refractivity contribution in [1.29, 1.82) is 0 Å². The quantitative estimate of drug-likeness (QED) is 0.429. The molecule has 1 aliphatic rings. The molecule has 0 saturated carbocycles. The Morgan fingerprint density at radius 3 is 2.35 bits per heavy atom. The number of hydrogen-bond donors (Lipinski definition) is 2. The lowest BCUT2D eigenvalue weighted by atomic mass is 10.1. The minimum Gasteiger partial charge on any atom is -0.496 e. The topological polar surface area (TPSA) is 67.4 Å². The zero-order chi connectivity index (χ0) is 22.1. The van der Waals surface area contributed by atoms with Crippen LogP contribution in [-0.4, -0.2) is 58.4 Å². The number of thiophene rings is 1. The van der Waals surface area contributed by atoms with E-state index < -0.39 is 0 Å². The van der Waals surface area contributed by atoms with Gasteiger partial charge in [0, 0.05) is 30.1 Å². The standard InChI is InChI=1S/C23H34N4O3S/c1-5-24-23(25-15-18-20(29-3)13-17(28-2)14-21(18)30-4)26-16-19(22-9-8-12-31-22)27-10-6-7-11-27/h8-9,12-14,19H,5-7,10-11,15-16H2,1-4H3,(H2,24,25,26). The Morgan fingerprint density at radius 1 is 1.10 bits per heavy atom. The van der Waals surface area contributed by atoms with E-state index in [1.165, 1.54) is 17.7 Å². The number of methoxy groups -OCH3 is 3. The first-order valence-electron chi connectivity index (χ1n) is 10.8. The molecule has 1 saturated heterocycles. The van der Waals surface area contributed by atoms with Crippen LogP contribution in [0.1, 0.15) is 36.2 Å². The van der Waals surface area contributed by atoms with Gasteiger partial charge in [-0.2, -0.15) is 0 Å². The lowest BCUT2D eigenvalue weighted by Gasteiger charge is -2.27. The first-order chi connectivity index (χ1) is 15.2. The number of ether oxygens (including phenoxy) is 3. The van der Waals surface area contributed by atoms with Crippen molar-refractivity contribution in [2.75, 3.05) is 47.5 Å². The molecule has 3 rings (SSSR count). The number of hydrogen-bond acceptors (Lipinski definition) is 6. The minimum absolute atomic E-state index is 0.358. The van der Waals surface area contributed by atoms with Crippen LogP contribution in [0.4, 0.5) is 0 Å². The Balaban J connectivity index is 1.76. The summed E-state index contributed by atoms with van der Waals surface area (Å²) in [6.45, 7) is 6.40. The fraction of sp³-hybridized carbons (Fsp3) is 0.522. The third kappa shape index (κ3) is 6.04. The van der Waals surface area contributed by atoms with Crippen molar-refractivity contribution in [3.63, 3.8) is 0 Å². The first kappa shape index (κ1) is 23.2. The highest BCUT2D eigenvalue weighted by Gasteiger charge is 2.24. The predicted octanol–water partition coefficient (Wildman–Crippen LogP) is 3.67. The summed E-state index contributed by atoms with van der Waals surface area (Å²) in [5.41, 5.74) is 0.886. The molecule has 0 radical (unpaired) electrons. The van der Waals surface area contributed by atoms with E-state index in [4.69, 9.17) is 19.2 Å². The lowest BCUT2D eigenvalue weighted by Crippen LogP contribution is -2.42. The highest BCUT2D eigenvalue weighted by molar-refractivity contribution is 7.10. The number of guanidine groups is 1. The number of aliphatic imine (C=N–C) groups is 1. The maximum absolute atomic E-state index is 5.56. The van der Waals surface area contributed by atoms with Crippen LogP contribution < -0.4 is 24.8 Å². The van der Waals surface area contributed by atoms with Gasteiger partial charge in [-0.15, -0.1) is 11.3 Å². The minimum atomic E-state index is 0.358. The molecule has 2 aromatic rings. The molecule has 1 atom stereocenters. The summed E-state index contributed by atoms with van der Waals surface area (Å²) in [7, 11) is 4.92. The maximum atomic E-state index is 5.56. The van der Waals surface area contributed by atoms with Gasteiger partial charge >= 0.3 is 0 Å². The second-order valence-corrected chi connectivity index (χ2v) is 8.34. The van der Waals surface area contributed by atoms with Crippen LogP contribution in [0.2, 0.25) is 0 Å². The smallest absolute Gasteiger partial charge is 0.191 e. The van der Waals surface area contributed by atoms with Crippen molar-refractivity contribution in [3.8, 4) is 17.2 Å². The molecule has 170 valence electrons. The van der Waals surface area contributed by atoms with Gasteiger partial charge in [-0.25, -0.2) is 4.99 Å². The molecule has 31 heavy (non-hydrogen) atoms. The summed E-state index contributed by atoms with van der Waals surface area (Å²) in [4.78, 5) is 8.77. The van der Waals surface area contributed by atoms with Crippen LogP contribution in [-0.2, 0) is 6.54 Å². The number of benzene rings is 1. The SMILES string of the molecule is CCNC(=NCc1c(OC)cc(OC)cc1OC)NCC(c1cccs1)N1CCCC1. The van der Waals surface area contributed by atoms with Crippen LogP contribution in [0.15, 0.2) is 34.6 Å². The number of nitrogens with zero attached hydrogens (tertiary/aromatic N) is 2. The Kier molecular flexibility index (Phi) is 8.85. The highest BCUT2D eigenvalue weighted by Crippen LogP contribution is 2.34. The average molecular weight is 447 g/mol. The van der Waals surface area contributed by atoms with Crippen LogP contribution in [0.25, 0.3) is 0 Å². The van der Waals surface area contributed by atoms with Gasteiger partial charge in [-0.05, 0) is 44.3 Å². The van der Waals surface area contributed by atoms with E-state index in [9.17, 15) is 0 Å². The van der Waals surface area contributed by atoms with Crippen molar-refractivity contribution in [1.82, 2.24) is 15.5 Å². The summed E-state index contributed by atoms with van der Waals surface area (Å²) in [6, 6.07) is 8.43. The van der Waals surface area contributed by atoms with Crippen LogP contribution >= 0.6 is 11.3 Å². The molecule has 1 fully saturated rings. The van der Waals surface area contributed by atoms with Gasteiger partial charge in [0.15, 0.2) is 5.96 Å². The van der Waals surface area contributed by atoms with Gasteiger partial charge in [-0.3, -0.25) is 4.90 Å². The van der Waals surface area contributed by atoms with Crippen LogP contribution in [0, 0.1) is 0 Å². The average Bonchev–Trinajstić information content (AvgIpc) is 3.52. The Morgan fingerprint density at radius 2 is 1.81 bits per heavy atom. The van der Waals surface area contributed by atoms with E-state index in [1.54, 1.807) is 21.3 Å². The summed E-state index contributed by atoms with van der Waals surface area (Å²) < 4.78 is 16.5. The van der Waals surface area contributed by atoms with Crippen LogP contribution in [0.5, 0.6) is 17.2 Å². The van der Waals surface area contributed by atoms with Crippen molar-refractivity contribution in [2.45, 2.75) is 32.4 Å². The molecule has 1 aromatic carbocycles. The highest BCUT2D eigenvalue weighted by atomic mass is 32.1. The second-order valence-electron chi connectivity index (χ2n) is 7.36. The van der Waals surface area contributed by atoms with E-state index in [2.05, 4.69) is 40.0 Å². The lowest BCUT2D eigenvalue weighted by molar-refractivity contribution is 0.249. The molecule has 2 N–H and O–H groups in total. The molecule has 7 nitrogen and oxygen atoms in total. The summed E-state index contributed by atoms with van der Waals surface area (Å²) >= 11 is 1.82. The third-order valence-corrected chi connectivity index (χ3v) is 6.45. The van der Waals surface area contributed by atoms with E-state index in [1.807, 2.05) is 23.5 Å². The van der Waals surface area contributed by atoms with E-state index in [-0.39, 0.29) is 0 Å². The van der Waals surface area contributed by atoms with Crippen molar-refractivity contribution < 1.29 is 14.2 Å². The monoisotopic (exact) mass is 446 g/mol. The molecular formula is C23H34N4O3S. The fourth-order valence-corrected chi connectivity index (χ4v) is 4.73. The van der Waals surface area contributed by atoms with Gasteiger partial charge in [0.05, 0.1) is 39.5 Å². The molecule has 0 amide bonds. The molecule has 0 bridgehead atoms. The fourth-order valence-electron chi connectivity index (χ4n) is 3.87. The molecule has 8 heteroatoms. The number of nitrogens with one attached hydrogen (secondary N) is 2. The zero-order valence-corrected chi connectivity index (χ0v) is 19.8. The Hall–Kier alpha value is -2.45. The normalized spacial score (nSPS) is 15.5. The Labute approximate surface area is 189 Å². The summed E-state index contributed by atoms with van der Waals surface area (Å²) in [5, 5.41) is 9.06. The van der Waals surface area contributed by atoms with Crippen molar-refractivity contribution in [3.05, 3.63) is 40.1 Å². The molecular weight excluding hydrogens is 412 g/mol. The molecule has 1 aliphatic heterocycles. The van der Waals surface area contributed by atoms with E-state index in [0.717, 1.165) is 37.7 Å². The maximum Gasteiger partial charge on any atom is 0.191 e. The Bertz CT molecular complexity index is 810. The second kappa shape index (κ2) is 11.8. The molecule has 1 aromatic heterocycles. The molecule has 1 unspecified atom stereocenters. The van der Waals surface area contributed by atoms with Gasteiger partial charge in [0.1, 0.15) is 17.2 Å². The number of likely N-dealkylation sites (tertiary alicyclic amines) is 1. The first-order valence-corrected chi connectivity index (χ1v) is 11.7. The zero-order valence-electron chi connectivity index (χ0n) is 18.9. The number of rotatable bonds is 10. The van der Waals surface area contributed by atoms with E-state index >= 15 is 0 Å².